The summed E-state index contributed by atoms with van der Waals surface area (Å²) in [5.74, 6) is 0.315. The Morgan fingerprint density at radius 3 is 2.60 bits per heavy atom. The maximum Gasteiger partial charge on any atom is 0.326 e. The Morgan fingerprint density at radius 1 is 0.950 bits per heavy atom. The number of hydrogen-bond donors (Lipinski definition) is 3. The van der Waals surface area contributed by atoms with Gasteiger partial charge in [0.05, 0.1) is 17.3 Å². The van der Waals surface area contributed by atoms with Gasteiger partial charge in [-0.1, -0.05) is 5.16 Å². The average Bonchev–Trinajstić information content (AvgIpc) is 3.84. The Labute approximate surface area is 228 Å². The third-order valence-electron chi connectivity index (χ3n) is 6.83. The van der Waals surface area contributed by atoms with E-state index >= 15 is 0 Å². The molecule has 3 N–H and O–H groups in total. The first-order valence-electron chi connectivity index (χ1n) is 11.2. The normalized spacial score (nSPS) is 19.1. The fourth-order valence-corrected chi connectivity index (χ4v) is 16.3. The van der Waals surface area contributed by atoms with Crippen molar-refractivity contribution in [2.75, 3.05) is 4.41 Å². The number of H-pyrrole nitrogens is 2. The van der Waals surface area contributed by atoms with Crippen molar-refractivity contribution in [3.63, 3.8) is 0 Å². The zero-order valence-corrected chi connectivity index (χ0v) is 22.2. The predicted octanol–water partition coefficient (Wildman–Crippen LogP) is 3.07. The maximum absolute atomic E-state index is 6.03. The number of oxazole rings is 1. The van der Waals surface area contributed by atoms with E-state index in [-0.39, 0.29) is 6.01 Å². The van der Waals surface area contributed by atoms with Crippen molar-refractivity contribution in [2.45, 2.75) is 19.4 Å². The Morgan fingerprint density at radius 2 is 1.95 bits per heavy atom. The Hall–Kier alpha value is -5.21. The van der Waals surface area contributed by atoms with Gasteiger partial charge >= 0.3 is 6.01 Å². The molecule has 0 fully saturated rings. The van der Waals surface area contributed by atoms with Crippen LogP contribution < -0.4 is 9.84 Å². The van der Waals surface area contributed by atoms with E-state index in [0.717, 1.165) is 0 Å². The smallest absolute Gasteiger partial charge is 0.326 e. The minimum absolute atomic E-state index is 0.124. The first-order chi connectivity index (χ1) is 19.8. The average molecular weight is 595 g/mol. The van der Waals surface area contributed by atoms with Crippen molar-refractivity contribution < 1.29 is 13.5 Å². The lowest BCUT2D eigenvalue weighted by molar-refractivity contribution is 0.393. The van der Waals surface area contributed by atoms with E-state index in [1.165, 1.54) is 54.2 Å². The molecule has 8 heterocycles. The number of aromatic nitrogens is 12. The van der Waals surface area contributed by atoms with Gasteiger partial charge in [0, 0.05) is 28.3 Å². The largest absolute Gasteiger partial charge is 0.430 e. The number of hydrazine groups is 1. The first kappa shape index (κ1) is 22.7. The van der Waals surface area contributed by atoms with Crippen LogP contribution in [0.3, 0.4) is 0 Å². The summed E-state index contributed by atoms with van der Waals surface area (Å²) >= 11 is 2.58. The molecule has 1 aliphatic rings. The summed E-state index contributed by atoms with van der Waals surface area (Å²) in [6.45, 7) is 0. The molecule has 0 radical (unpaired) electrons. The topological polar surface area (TPSA) is 215 Å². The molecular weight excluding hydrogens is 581 g/mol. The van der Waals surface area contributed by atoms with Gasteiger partial charge in [-0.05, 0) is 26.1 Å². The number of anilines is 1. The monoisotopic (exact) mass is 594 g/mol. The van der Waals surface area contributed by atoms with Crippen molar-refractivity contribution in [1.29, 1.82) is 0 Å². The summed E-state index contributed by atoms with van der Waals surface area (Å²) in [7, 11) is -5.37. The van der Waals surface area contributed by atoms with Crippen LogP contribution in [0.15, 0.2) is 99.5 Å². The molecule has 0 unspecified atom stereocenters. The highest BCUT2D eigenvalue weighted by atomic mass is 32.4. The summed E-state index contributed by atoms with van der Waals surface area (Å²) in [4.78, 5) is 14.7. The van der Waals surface area contributed by atoms with Gasteiger partial charge in [0.25, 0.3) is 0 Å². The fraction of sp³-hybridized carbons (Fsp3) is 0. The van der Waals surface area contributed by atoms with E-state index in [4.69, 9.17) is 27.9 Å². The van der Waals surface area contributed by atoms with Gasteiger partial charge in [-0.3, -0.25) is 10.5 Å². The van der Waals surface area contributed by atoms with Gasteiger partial charge < -0.3 is 13.5 Å². The molecule has 0 aliphatic carbocycles. The second-order valence-corrected chi connectivity index (χ2v) is 15.5. The molecule has 17 nitrogen and oxygen atoms in total. The van der Waals surface area contributed by atoms with E-state index in [1.807, 2.05) is 16.8 Å². The van der Waals surface area contributed by atoms with E-state index in [0.29, 0.717) is 41.5 Å². The molecule has 7 aromatic rings. The fourth-order valence-electron chi connectivity index (χ4n) is 5.44. The van der Waals surface area contributed by atoms with Crippen LogP contribution in [-0.2, 0) is 0 Å². The summed E-state index contributed by atoms with van der Waals surface area (Å²) < 4.78 is 24.1. The van der Waals surface area contributed by atoms with Crippen LogP contribution in [0.1, 0.15) is 11.5 Å². The molecule has 0 spiro atoms. The van der Waals surface area contributed by atoms with Gasteiger partial charge in [0.1, 0.15) is 39.6 Å². The zero-order valence-electron chi connectivity index (χ0n) is 19.7. The quantitative estimate of drug-likeness (QED) is 0.242. The number of rotatable bonds is 7. The van der Waals surface area contributed by atoms with Crippen LogP contribution >= 0.6 is 31.3 Å². The van der Waals surface area contributed by atoms with Gasteiger partial charge in [0.2, 0.25) is 0 Å². The van der Waals surface area contributed by atoms with Crippen LogP contribution in [0.25, 0.3) is 10.6 Å². The number of aromatic amines is 2. The molecule has 200 valence electrons. The highest BCUT2D eigenvalue weighted by molar-refractivity contribution is 8.72. The number of hydrogen-bond acceptors (Lipinski definition) is 17. The van der Waals surface area contributed by atoms with Gasteiger partial charge in [-0.25, -0.2) is 9.97 Å². The van der Waals surface area contributed by atoms with Crippen molar-refractivity contribution in [2.24, 2.45) is 0 Å². The molecule has 0 atom stereocenters. The Balaban J connectivity index is 1.80. The lowest BCUT2D eigenvalue weighted by Gasteiger charge is -2.73. The zero-order chi connectivity index (χ0) is 26.7. The number of thiazole rings is 1. The predicted molar refractivity (Wildman–Crippen MR) is 137 cm³/mol. The molecule has 0 saturated carbocycles. The summed E-state index contributed by atoms with van der Waals surface area (Å²) in [5.41, 5.74) is 4.21. The van der Waals surface area contributed by atoms with Crippen molar-refractivity contribution >= 4 is 48.0 Å². The van der Waals surface area contributed by atoms with E-state index in [2.05, 4.69) is 51.4 Å². The molecule has 0 bridgehead atoms. The van der Waals surface area contributed by atoms with Crippen molar-refractivity contribution in [3.8, 4) is 0 Å². The first-order valence-corrected chi connectivity index (χ1v) is 15.4. The van der Waals surface area contributed by atoms with E-state index < -0.39 is 8.48 Å². The molecule has 0 aromatic carbocycles. The third-order valence-corrected chi connectivity index (χ3v) is 16.8. The van der Waals surface area contributed by atoms with Crippen LogP contribution in [0.5, 0.6) is 0 Å². The van der Waals surface area contributed by atoms with Crippen LogP contribution in [0.2, 0.25) is 0 Å². The van der Waals surface area contributed by atoms with Crippen LogP contribution in [0, 0.1) is 0 Å². The standard InChI is InChI=1S/C20H14N14O3S3/c1-5-36-30-13(1)40(14-2-7-39-31-14,15-9-24-32-27-15,20-22-4-8-38-20)17(18-23-11-25-28-18)16(12-10-37-33-26-12)29-34(40)19-21-3-6-35-19/h1-11,29H,(H,23,25,28)(H,24,27,32). The minimum atomic E-state index is -5.37. The Bertz CT molecular complexity index is 1760. The van der Waals surface area contributed by atoms with E-state index in [9.17, 15) is 0 Å². The molecule has 40 heavy (non-hydrogen) atoms. The van der Waals surface area contributed by atoms with Crippen LogP contribution in [0.4, 0.5) is 6.01 Å². The Kier molecular flexibility index (Phi) is 4.37. The lowest BCUT2D eigenvalue weighted by atomic mass is 10.3. The van der Waals surface area contributed by atoms with Crippen molar-refractivity contribution in [3.05, 3.63) is 78.1 Å². The van der Waals surface area contributed by atoms with Crippen molar-refractivity contribution in [1.82, 2.24) is 65.9 Å². The SMILES string of the molecule is c1n[nH]c(C2=C(c3conn3)NN(c3ncco3)S2(c2cn[nH]n2)(c2ccon2)(c2ccsn2)c2nccs2)n1. The molecule has 0 amide bonds. The third kappa shape index (κ3) is 2.16. The van der Waals surface area contributed by atoms with Crippen LogP contribution in [-0.4, -0.2) is 60.5 Å². The summed E-state index contributed by atoms with van der Waals surface area (Å²) in [5, 5.41) is 36.6. The molecule has 1 aliphatic heterocycles. The van der Waals surface area contributed by atoms with Gasteiger partial charge in [-0.15, -0.1) is 21.5 Å². The van der Waals surface area contributed by atoms with Gasteiger partial charge in [-0.2, -0.15) is 29.2 Å². The molecule has 0 saturated heterocycles. The number of nitrogens with zero attached hydrogens (tertiary/aromatic N) is 11. The summed E-state index contributed by atoms with van der Waals surface area (Å²) in [6, 6.07) is 3.73. The lowest BCUT2D eigenvalue weighted by Crippen LogP contribution is -2.54. The number of nitrogens with one attached hydrogen (secondary N) is 3. The molecular formula is C20H14N14O3S3. The second kappa shape index (κ2) is 7.68. The summed E-state index contributed by atoms with van der Waals surface area (Å²) in [6.07, 6.45) is 10.5. The molecule has 20 heteroatoms. The molecule has 7 aromatic heterocycles. The second-order valence-electron chi connectivity index (χ2n) is 8.31. The molecule has 8 rings (SSSR count). The van der Waals surface area contributed by atoms with Gasteiger partial charge in [0.15, 0.2) is 22.1 Å². The minimum Gasteiger partial charge on any atom is -0.430 e. The highest BCUT2D eigenvalue weighted by Gasteiger charge is 2.85. The highest BCUT2D eigenvalue weighted by Crippen LogP contribution is 3.13. The maximum atomic E-state index is 6.03. The van der Waals surface area contributed by atoms with E-state index in [1.54, 1.807) is 22.9 Å².